The van der Waals surface area contributed by atoms with Crippen molar-refractivity contribution >= 4 is 12.1 Å². The van der Waals surface area contributed by atoms with Crippen LogP contribution in [-0.2, 0) is 20.7 Å². The largest absolute Gasteiger partial charge is 0.469 e. The zero-order valence-corrected chi connectivity index (χ0v) is 16.3. The minimum Gasteiger partial charge on any atom is -0.469 e. The van der Waals surface area contributed by atoms with E-state index in [0.717, 1.165) is 41.5 Å². The molecule has 3 rings (SSSR count). The quantitative estimate of drug-likeness (QED) is 0.442. The second-order valence-corrected chi connectivity index (χ2v) is 6.66. The van der Waals surface area contributed by atoms with Gasteiger partial charge < -0.3 is 14.8 Å². The molecule has 0 saturated heterocycles. The highest BCUT2D eigenvalue weighted by Crippen LogP contribution is 2.27. The fourth-order valence-corrected chi connectivity index (χ4v) is 3.07. The van der Waals surface area contributed by atoms with Gasteiger partial charge in [0.25, 0.3) is 0 Å². The third-order valence-electron chi connectivity index (χ3n) is 4.64. The maximum atomic E-state index is 12.3. The molecule has 1 atom stereocenters. The smallest absolute Gasteiger partial charge is 0.407 e. The number of hydrogen-bond donors (Lipinski definition) is 1. The zero-order chi connectivity index (χ0) is 20.5. The Balaban J connectivity index is 1.59. The van der Waals surface area contributed by atoms with E-state index in [9.17, 15) is 9.59 Å². The van der Waals surface area contributed by atoms with Crippen LogP contribution in [0.1, 0.15) is 54.0 Å². The lowest BCUT2D eigenvalue weighted by atomic mass is 9.94. The molecule has 0 bridgehead atoms. The second-order valence-electron chi connectivity index (χ2n) is 6.66. The van der Waals surface area contributed by atoms with Gasteiger partial charge in [-0.3, -0.25) is 14.8 Å². The van der Waals surface area contributed by atoms with Crippen molar-refractivity contribution in [3.8, 4) is 11.8 Å². The van der Waals surface area contributed by atoms with Gasteiger partial charge in [0, 0.05) is 60.9 Å². The fourth-order valence-electron chi connectivity index (χ4n) is 3.07. The highest BCUT2D eigenvalue weighted by molar-refractivity contribution is 5.69. The summed E-state index contributed by atoms with van der Waals surface area (Å²) in [5, 5.41) is 2.77. The lowest BCUT2D eigenvalue weighted by Gasteiger charge is -2.21. The highest BCUT2D eigenvalue weighted by atomic mass is 16.6. The molecule has 1 amide bonds. The monoisotopic (exact) mass is 393 g/mol. The zero-order valence-electron chi connectivity index (χ0n) is 16.3. The number of unbranched alkanes of at least 4 members (excludes halogenated alkanes) is 2. The predicted octanol–water partition coefficient (Wildman–Crippen LogP) is 2.93. The number of carbonyl (C=O) groups excluding carboxylic acids is 2. The van der Waals surface area contributed by atoms with Crippen molar-refractivity contribution in [2.24, 2.45) is 0 Å². The molecule has 1 aliphatic carbocycles. The molecule has 150 valence electrons. The molecule has 1 aliphatic rings. The average Bonchev–Trinajstić information content (AvgIpc) is 2.73. The van der Waals surface area contributed by atoms with Crippen molar-refractivity contribution in [1.29, 1.82) is 0 Å². The van der Waals surface area contributed by atoms with Crippen LogP contribution in [-0.4, -0.2) is 35.7 Å². The first-order valence-electron chi connectivity index (χ1n) is 9.57. The predicted molar refractivity (Wildman–Crippen MR) is 106 cm³/mol. The van der Waals surface area contributed by atoms with E-state index in [0.29, 0.717) is 19.4 Å². The number of alkyl carbamates (subject to hydrolysis) is 1. The Bertz CT molecular complexity index is 933. The number of ether oxygens (including phenoxy) is 2. The van der Waals surface area contributed by atoms with Crippen molar-refractivity contribution in [1.82, 2.24) is 15.3 Å². The number of methoxy groups -OCH3 is 1. The highest BCUT2D eigenvalue weighted by Gasteiger charge is 2.22. The number of nitrogens with one attached hydrogen (secondary N) is 1. The Morgan fingerprint density at radius 3 is 2.69 bits per heavy atom. The molecule has 0 fully saturated rings. The van der Waals surface area contributed by atoms with Gasteiger partial charge in [0.05, 0.1) is 7.11 Å². The molecule has 0 saturated carbocycles. The molecule has 0 aromatic carbocycles. The third kappa shape index (κ3) is 5.79. The summed E-state index contributed by atoms with van der Waals surface area (Å²) in [5.74, 6) is 6.08. The molecular weight excluding hydrogens is 370 g/mol. The Morgan fingerprint density at radius 2 is 1.86 bits per heavy atom. The number of fused-ring (bicyclic) bond motifs is 2. The van der Waals surface area contributed by atoms with Gasteiger partial charge in [-0.05, 0) is 30.5 Å². The minimum absolute atomic E-state index is 0.216. The van der Waals surface area contributed by atoms with Gasteiger partial charge >= 0.3 is 12.1 Å². The molecule has 29 heavy (non-hydrogen) atoms. The lowest BCUT2D eigenvalue weighted by molar-refractivity contribution is -0.140. The second kappa shape index (κ2) is 10.2. The number of rotatable bonds is 7. The summed E-state index contributed by atoms with van der Waals surface area (Å²) >= 11 is 0. The Kier molecular flexibility index (Phi) is 7.17. The van der Waals surface area contributed by atoms with Crippen LogP contribution in [0.2, 0.25) is 0 Å². The van der Waals surface area contributed by atoms with Crippen molar-refractivity contribution in [2.75, 3.05) is 13.7 Å². The summed E-state index contributed by atoms with van der Waals surface area (Å²) in [7, 11) is 1.38. The van der Waals surface area contributed by atoms with Gasteiger partial charge in [0.15, 0.2) is 0 Å². The first-order valence-corrected chi connectivity index (χ1v) is 9.57. The van der Waals surface area contributed by atoms with E-state index >= 15 is 0 Å². The van der Waals surface area contributed by atoms with Gasteiger partial charge in [0.2, 0.25) is 0 Å². The summed E-state index contributed by atoms with van der Waals surface area (Å²) in [4.78, 5) is 31.8. The Labute approximate surface area is 169 Å². The molecule has 7 heteroatoms. The van der Waals surface area contributed by atoms with E-state index in [1.54, 1.807) is 24.8 Å². The number of aromatic nitrogens is 2. The topological polar surface area (TPSA) is 90.4 Å². The molecule has 2 aromatic heterocycles. The van der Waals surface area contributed by atoms with Crippen LogP contribution in [0.5, 0.6) is 0 Å². The summed E-state index contributed by atoms with van der Waals surface area (Å²) in [5.41, 5.74) is 3.38. The molecular formula is C22H23N3O4. The molecule has 0 spiro atoms. The summed E-state index contributed by atoms with van der Waals surface area (Å²) in [6, 6.07) is 3.68. The Morgan fingerprint density at radius 1 is 1.10 bits per heavy atom. The van der Waals surface area contributed by atoms with Crippen LogP contribution in [0.4, 0.5) is 4.79 Å². The van der Waals surface area contributed by atoms with E-state index in [-0.39, 0.29) is 5.97 Å². The molecule has 2 aromatic rings. The van der Waals surface area contributed by atoms with Crippen LogP contribution in [0.25, 0.3) is 0 Å². The first-order chi connectivity index (χ1) is 14.2. The van der Waals surface area contributed by atoms with E-state index in [2.05, 4.69) is 31.9 Å². The maximum absolute atomic E-state index is 12.3. The van der Waals surface area contributed by atoms with Crippen molar-refractivity contribution < 1.29 is 19.1 Å². The van der Waals surface area contributed by atoms with E-state index < -0.39 is 12.2 Å². The van der Waals surface area contributed by atoms with Crippen molar-refractivity contribution in [3.05, 3.63) is 59.2 Å². The molecule has 2 heterocycles. The molecule has 1 N–H and O–H groups in total. The van der Waals surface area contributed by atoms with Crippen LogP contribution < -0.4 is 5.32 Å². The Hall–Kier alpha value is -3.40. The van der Waals surface area contributed by atoms with Gasteiger partial charge in [0.1, 0.15) is 6.10 Å². The number of esters is 1. The van der Waals surface area contributed by atoms with Crippen LogP contribution in [0, 0.1) is 11.8 Å². The van der Waals surface area contributed by atoms with Gasteiger partial charge in [-0.1, -0.05) is 18.3 Å². The third-order valence-corrected chi connectivity index (χ3v) is 4.64. The van der Waals surface area contributed by atoms with Crippen molar-refractivity contribution in [2.45, 2.75) is 38.2 Å². The molecule has 0 aliphatic heterocycles. The minimum atomic E-state index is -0.504. The van der Waals surface area contributed by atoms with Gasteiger partial charge in [-0.25, -0.2) is 4.79 Å². The van der Waals surface area contributed by atoms with Crippen LogP contribution >= 0.6 is 0 Å². The number of hydrogen-bond acceptors (Lipinski definition) is 6. The molecule has 7 nitrogen and oxygen atoms in total. The summed E-state index contributed by atoms with van der Waals surface area (Å²) < 4.78 is 10.3. The van der Waals surface area contributed by atoms with Gasteiger partial charge in [-0.2, -0.15) is 0 Å². The number of amides is 1. The number of carbonyl (C=O) groups is 2. The summed E-state index contributed by atoms with van der Waals surface area (Å²) in [6.07, 6.45) is 8.99. The van der Waals surface area contributed by atoms with E-state index in [1.165, 1.54) is 7.11 Å². The maximum Gasteiger partial charge on any atom is 0.407 e. The summed E-state index contributed by atoms with van der Waals surface area (Å²) in [6.45, 7) is 0.477. The SMILES string of the molecule is COC(=O)CCCCCNC(=O)OC1Cc2cnccc2C#Cc2ccncc21. The molecule has 0 radical (unpaired) electrons. The van der Waals surface area contributed by atoms with E-state index in [4.69, 9.17) is 4.74 Å². The van der Waals surface area contributed by atoms with E-state index in [1.807, 2.05) is 12.1 Å². The first kappa shape index (κ1) is 20.3. The van der Waals surface area contributed by atoms with Crippen LogP contribution in [0.3, 0.4) is 0 Å². The van der Waals surface area contributed by atoms with Crippen molar-refractivity contribution in [3.63, 3.8) is 0 Å². The van der Waals surface area contributed by atoms with Gasteiger partial charge in [-0.15, -0.1) is 0 Å². The average molecular weight is 393 g/mol. The molecule has 1 unspecified atom stereocenters. The van der Waals surface area contributed by atoms with Crippen LogP contribution in [0.15, 0.2) is 36.9 Å². The number of pyridine rings is 2. The normalized spacial score (nSPS) is 14.2. The number of nitrogens with zero attached hydrogens (tertiary/aromatic N) is 2. The fraction of sp³-hybridized carbons (Fsp3) is 0.364. The lowest BCUT2D eigenvalue weighted by Crippen LogP contribution is -2.28. The standard InChI is InChI=1S/C22H23N3O4/c1-28-21(26)5-3-2-4-10-25-22(27)29-20-13-18-14-23-11-8-16(18)6-7-17-9-12-24-15-19(17)20/h8-9,11-12,14-15,20H,2-5,10,13H2,1H3,(H,25,27).